The normalized spacial score (nSPS) is 12.5. The first kappa shape index (κ1) is 12.4. The number of rotatable bonds is 4. The molecule has 0 spiro atoms. The van der Waals surface area contributed by atoms with Gasteiger partial charge < -0.3 is 15.4 Å². The number of carbonyl (C=O) groups is 1. The van der Waals surface area contributed by atoms with Gasteiger partial charge in [0.25, 0.3) is 11.5 Å². The molecule has 6 heteroatoms. The molecule has 1 atom stereocenters. The van der Waals surface area contributed by atoms with Crippen molar-refractivity contribution >= 4 is 5.91 Å². The SMILES string of the molecule is CC(C)C(CO)NC(=O)c1c[nH]c(=O)cn1. The maximum absolute atomic E-state index is 11.6. The number of H-pyrrole nitrogens is 1. The zero-order valence-corrected chi connectivity index (χ0v) is 9.23. The summed E-state index contributed by atoms with van der Waals surface area (Å²) in [6.07, 6.45) is 2.28. The minimum absolute atomic E-state index is 0.122. The highest BCUT2D eigenvalue weighted by atomic mass is 16.3. The fraction of sp³-hybridized carbons (Fsp3) is 0.500. The number of aliphatic hydroxyl groups is 1. The van der Waals surface area contributed by atoms with Crippen LogP contribution in [-0.2, 0) is 0 Å². The lowest BCUT2D eigenvalue weighted by Crippen LogP contribution is -2.41. The van der Waals surface area contributed by atoms with Crippen LogP contribution in [-0.4, -0.2) is 33.6 Å². The molecule has 1 unspecified atom stereocenters. The summed E-state index contributed by atoms with van der Waals surface area (Å²) in [5.41, 5.74) is -0.238. The van der Waals surface area contributed by atoms with Gasteiger partial charge in [-0.05, 0) is 5.92 Å². The average Bonchev–Trinajstić information content (AvgIpc) is 2.26. The molecular weight excluding hydrogens is 210 g/mol. The van der Waals surface area contributed by atoms with Gasteiger partial charge in [0.1, 0.15) is 5.69 Å². The van der Waals surface area contributed by atoms with Crippen LogP contribution in [0.4, 0.5) is 0 Å². The monoisotopic (exact) mass is 225 g/mol. The van der Waals surface area contributed by atoms with Crippen LogP contribution in [0.5, 0.6) is 0 Å². The molecule has 0 saturated heterocycles. The zero-order chi connectivity index (χ0) is 12.1. The number of amides is 1. The largest absolute Gasteiger partial charge is 0.394 e. The predicted octanol–water partition coefficient (Wildman–Crippen LogP) is -0.483. The van der Waals surface area contributed by atoms with Gasteiger partial charge in [0.05, 0.1) is 18.8 Å². The first-order chi connectivity index (χ1) is 7.54. The molecule has 1 rings (SSSR count). The smallest absolute Gasteiger partial charge is 0.271 e. The average molecular weight is 225 g/mol. The first-order valence-electron chi connectivity index (χ1n) is 5.01. The molecule has 0 aliphatic carbocycles. The van der Waals surface area contributed by atoms with Crippen LogP contribution in [0.1, 0.15) is 24.3 Å². The molecule has 0 fully saturated rings. The van der Waals surface area contributed by atoms with Crippen LogP contribution in [0.2, 0.25) is 0 Å². The van der Waals surface area contributed by atoms with E-state index in [0.717, 1.165) is 6.20 Å². The summed E-state index contributed by atoms with van der Waals surface area (Å²) in [7, 11) is 0. The third-order valence-corrected chi connectivity index (χ3v) is 2.22. The summed E-state index contributed by atoms with van der Waals surface area (Å²) in [6.45, 7) is 3.65. The van der Waals surface area contributed by atoms with Crippen LogP contribution in [0, 0.1) is 5.92 Å². The number of aromatic nitrogens is 2. The third kappa shape index (κ3) is 3.16. The Morgan fingerprint density at radius 2 is 2.31 bits per heavy atom. The van der Waals surface area contributed by atoms with E-state index in [1.165, 1.54) is 6.20 Å². The maximum Gasteiger partial charge on any atom is 0.271 e. The highest BCUT2D eigenvalue weighted by Crippen LogP contribution is 2.01. The molecule has 0 saturated carbocycles. The van der Waals surface area contributed by atoms with Crippen LogP contribution in [0.3, 0.4) is 0 Å². The summed E-state index contributed by atoms with van der Waals surface area (Å²) in [6, 6.07) is -0.318. The molecule has 6 nitrogen and oxygen atoms in total. The lowest BCUT2D eigenvalue weighted by atomic mass is 10.1. The van der Waals surface area contributed by atoms with E-state index >= 15 is 0 Å². The van der Waals surface area contributed by atoms with Gasteiger partial charge in [0.2, 0.25) is 0 Å². The second-order valence-corrected chi connectivity index (χ2v) is 3.80. The van der Waals surface area contributed by atoms with E-state index in [1.807, 2.05) is 13.8 Å². The van der Waals surface area contributed by atoms with Crippen molar-refractivity contribution in [3.8, 4) is 0 Å². The molecule has 16 heavy (non-hydrogen) atoms. The van der Waals surface area contributed by atoms with Crippen LogP contribution in [0.15, 0.2) is 17.2 Å². The Bertz CT molecular complexity index is 394. The van der Waals surface area contributed by atoms with Crippen molar-refractivity contribution in [3.05, 3.63) is 28.4 Å². The minimum atomic E-state index is -0.413. The zero-order valence-electron chi connectivity index (χ0n) is 9.23. The van der Waals surface area contributed by atoms with Crippen molar-refractivity contribution in [1.29, 1.82) is 0 Å². The lowest BCUT2D eigenvalue weighted by Gasteiger charge is -2.19. The molecule has 1 aromatic rings. The fourth-order valence-corrected chi connectivity index (χ4v) is 1.13. The Labute approximate surface area is 92.7 Å². The fourth-order valence-electron chi connectivity index (χ4n) is 1.13. The molecule has 0 aromatic carbocycles. The molecular formula is C10H15N3O3. The van der Waals surface area contributed by atoms with E-state index in [4.69, 9.17) is 5.11 Å². The number of carbonyl (C=O) groups excluding carboxylic acids is 1. The van der Waals surface area contributed by atoms with E-state index in [9.17, 15) is 9.59 Å². The van der Waals surface area contributed by atoms with Crippen LogP contribution < -0.4 is 10.9 Å². The summed E-state index contributed by atoms with van der Waals surface area (Å²) in [5.74, 6) is -0.291. The van der Waals surface area contributed by atoms with E-state index in [2.05, 4.69) is 15.3 Å². The number of hydrogen-bond acceptors (Lipinski definition) is 4. The standard InChI is InChI=1S/C10H15N3O3/c1-6(2)8(5-14)13-10(16)7-3-12-9(15)4-11-7/h3-4,6,8,14H,5H2,1-2H3,(H,12,15)(H,13,16). The Morgan fingerprint density at radius 3 is 2.75 bits per heavy atom. The Kier molecular flexibility index (Phi) is 4.19. The molecule has 0 bridgehead atoms. The van der Waals surface area contributed by atoms with Crippen molar-refractivity contribution in [2.24, 2.45) is 5.92 Å². The number of aromatic amines is 1. The van der Waals surface area contributed by atoms with Crippen molar-refractivity contribution in [2.45, 2.75) is 19.9 Å². The van der Waals surface area contributed by atoms with E-state index in [1.54, 1.807) is 0 Å². The van der Waals surface area contributed by atoms with Crippen LogP contribution in [0.25, 0.3) is 0 Å². The molecule has 1 aromatic heterocycles. The number of nitrogens with one attached hydrogen (secondary N) is 2. The van der Waals surface area contributed by atoms with Gasteiger partial charge in [0, 0.05) is 6.20 Å². The number of nitrogens with zero attached hydrogens (tertiary/aromatic N) is 1. The first-order valence-corrected chi connectivity index (χ1v) is 5.01. The van der Waals surface area contributed by atoms with Gasteiger partial charge in [-0.2, -0.15) is 0 Å². The van der Waals surface area contributed by atoms with Gasteiger partial charge in [0.15, 0.2) is 0 Å². The van der Waals surface area contributed by atoms with Gasteiger partial charge >= 0.3 is 0 Å². The second kappa shape index (κ2) is 5.41. The van der Waals surface area contributed by atoms with Gasteiger partial charge in [-0.25, -0.2) is 4.98 Å². The summed E-state index contributed by atoms with van der Waals surface area (Å²) < 4.78 is 0. The molecule has 1 heterocycles. The Hall–Kier alpha value is -1.69. The van der Waals surface area contributed by atoms with E-state index in [0.29, 0.717) is 0 Å². The lowest BCUT2D eigenvalue weighted by molar-refractivity contribution is 0.0891. The van der Waals surface area contributed by atoms with Gasteiger partial charge in [-0.3, -0.25) is 9.59 Å². The van der Waals surface area contributed by atoms with E-state index in [-0.39, 0.29) is 29.8 Å². The third-order valence-electron chi connectivity index (χ3n) is 2.22. The maximum atomic E-state index is 11.6. The van der Waals surface area contributed by atoms with Crippen molar-refractivity contribution < 1.29 is 9.90 Å². The highest BCUT2D eigenvalue weighted by Gasteiger charge is 2.16. The van der Waals surface area contributed by atoms with Crippen LogP contribution >= 0.6 is 0 Å². The number of aliphatic hydroxyl groups excluding tert-OH is 1. The topological polar surface area (TPSA) is 95.1 Å². The summed E-state index contributed by atoms with van der Waals surface area (Å²) in [4.78, 5) is 28.4. The van der Waals surface area contributed by atoms with Gasteiger partial charge in [-0.1, -0.05) is 13.8 Å². The number of hydrogen-bond donors (Lipinski definition) is 3. The van der Waals surface area contributed by atoms with Crippen molar-refractivity contribution in [3.63, 3.8) is 0 Å². The molecule has 0 aliphatic heterocycles. The summed E-state index contributed by atoms with van der Waals surface area (Å²) in [5, 5.41) is 11.7. The molecule has 0 radical (unpaired) electrons. The minimum Gasteiger partial charge on any atom is -0.394 e. The quantitative estimate of drug-likeness (QED) is 0.644. The van der Waals surface area contributed by atoms with Crippen molar-refractivity contribution in [2.75, 3.05) is 6.61 Å². The molecule has 3 N–H and O–H groups in total. The van der Waals surface area contributed by atoms with E-state index < -0.39 is 5.91 Å². The predicted molar refractivity (Wildman–Crippen MR) is 58.0 cm³/mol. The molecule has 0 aliphatic rings. The highest BCUT2D eigenvalue weighted by molar-refractivity contribution is 5.92. The second-order valence-electron chi connectivity index (χ2n) is 3.80. The Balaban J connectivity index is 2.71. The Morgan fingerprint density at radius 1 is 1.62 bits per heavy atom. The van der Waals surface area contributed by atoms with Gasteiger partial charge in [-0.15, -0.1) is 0 Å². The molecule has 1 amide bonds. The summed E-state index contributed by atoms with van der Waals surface area (Å²) >= 11 is 0. The molecule has 88 valence electrons. The van der Waals surface area contributed by atoms with Crippen molar-refractivity contribution in [1.82, 2.24) is 15.3 Å².